The van der Waals surface area contributed by atoms with Gasteiger partial charge < -0.3 is 9.84 Å². The molecule has 0 fully saturated rings. The number of hydrogen-bond donors (Lipinski definition) is 1. The summed E-state index contributed by atoms with van der Waals surface area (Å²) in [7, 11) is 1.52. The summed E-state index contributed by atoms with van der Waals surface area (Å²) in [6.07, 6.45) is 1.76. The standard InChI is InChI=1S/C17H12N2O3S/c1-22-10-6-7-14(20)11(8-10)16(21)15-9-19-13-5-3-2-4-12(13)18-17(19)23-15/h2-9,20H,1H3. The Morgan fingerprint density at radius 2 is 2.09 bits per heavy atom. The van der Waals surface area contributed by atoms with Crippen LogP contribution in [-0.4, -0.2) is 27.4 Å². The van der Waals surface area contributed by atoms with Crippen LogP contribution in [0, 0.1) is 0 Å². The molecule has 2 aromatic carbocycles. The van der Waals surface area contributed by atoms with E-state index in [1.54, 1.807) is 12.3 Å². The summed E-state index contributed by atoms with van der Waals surface area (Å²) in [5.41, 5.74) is 2.06. The van der Waals surface area contributed by atoms with Gasteiger partial charge in [0.1, 0.15) is 11.5 Å². The normalized spacial score (nSPS) is 11.2. The molecule has 0 aliphatic heterocycles. The number of nitrogens with zero attached hydrogens (tertiary/aromatic N) is 2. The smallest absolute Gasteiger partial charge is 0.208 e. The van der Waals surface area contributed by atoms with E-state index in [0.29, 0.717) is 10.6 Å². The summed E-state index contributed by atoms with van der Waals surface area (Å²) in [5, 5.41) is 9.97. The molecule has 2 aromatic heterocycles. The van der Waals surface area contributed by atoms with E-state index in [1.165, 1.54) is 30.6 Å². The van der Waals surface area contributed by atoms with Gasteiger partial charge >= 0.3 is 0 Å². The number of phenolic OH excluding ortho intramolecular Hbond substituents is 1. The maximum Gasteiger partial charge on any atom is 0.208 e. The molecule has 6 heteroatoms. The lowest BCUT2D eigenvalue weighted by molar-refractivity contribution is 0.103. The minimum Gasteiger partial charge on any atom is -0.507 e. The number of ketones is 1. The Bertz CT molecular complexity index is 1050. The monoisotopic (exact) mass is 324 g/mol. The molecule has 0 radical (unpaired) electrons. The Kier molecular flexibility index (Phi) is 3.06. The van der Waals surface area contributed by atoms with E-state index < -0.39 is 0 Å². The maximum atomic E-state index is 12.7. The van der Waals surface area contributed by atoms with Crippen molar-refractivity contribution in [3.05, 3.63) is 59.1 Å². The predicted molar refractivity (Wildman–Crippen MR) is 88.7 cm³/mol. The second-order valence-corrected chi connectivity index (χ2v) is 6.07. The molecule has 0 spiro atoms. The van der Waals surface area contributed by atoms with Gasteiger partial charge in [-0.3, -0.25) is 9.20 Å². The predicted octanol–water partition coefficient (Wildman–Crippen LogP) is 3.49. The van der Waals surface area contributed by atoms with Crippen LogP contribution >= 0.6 is 11.3 Å². The van der Waals surface area contributed by atoms with Crippen LogP contribution in [0.15, 0.2) is 48.7 Å². The molecular weight excluding hydrogens is 312 g/mol. The SMILES string of the molecule is COc1ccc(O)c(C(=O)c2cn3c(nc4ccccc43)s2)c1. The minimum absolute atomic E-state index is 0.0632. The molecule has 0 amide bonds. The van der Waals surface area contributed by atoms with Crippen LogP contribution in [0.1, 0.15) is 15.2 Å². The second kappa shape index (κ2) is 5.10. The minimum atomic E-state index is -0.249. The Balaban J connectivity index is 1.84. The summed E-state index contributed by atoms with van der Waals surface area (Å²) in [6.45, 7) is 0. The fraction of sp³-hybridized carbons (Fsp3) is 0.0588. The highest BCUT2D eigenvalue weighted by molar-refractivity contribution is 7.19. The van der Waals surface area contributed by atoms with Crippen LogP contribution in [0.3, 0.4) is 0 Å². The first-order chi connectivity index (χ1) is 11.2. The van der Waals surface area contributed by atoms with Gasteiger partial charge in [-0.1, -0.05) is 23.5 Å². The highest BCUT2D eigenvalue weighted by atomic mass is 32.1. The highest BCUT2D eigenvalue weighted by Crippen LogP contribution is 2.29. The number of imidazole rings is 1. The van der Waals surface area contributed by atoms with E-state index in [1.807, 2.05) is 28.7 Å². The number of phenols is 1. The summed E-state index contributed by atoms with van der Waals surface area (Å²) in [5.74, 6) is 0.214. The molecule has 0 atom stereocenters. The number of aromatic hydroxyl groups is 1. The number of ether oxygens (including phenoxy) is 1. The summed E-state index contributed by atoms with van der Waals surface area (Å²) < 4.78 is 7.01. The molecule has 0 unspecified atom stereocenters. The fourth-order valence-corrected chi connectivity index (χ4v) is 3.47. The van der Waals surface area contributed by atoms with Crippen LogP contribution in [0.25, 0.3) is 16.0 Å². The molecule has 114 valence electrons. The number of fused-ring (bicyclic) bond motifs is 3. The van der Waals surface area contributed by atoms with Crippen molar-refractivity contribution in [3.63, 3.8) is 0 Å². The molecule has 23 heavy (non-hydrogen) atoms. The van der Waals surface area contributed by atoms with Crippen molar-refractivity contribution < 1.29 is 14.6 Å². The third-order valence-corrected chi connectivity index (χ3v) is 4.66. The number of rotatable bonds is 3. The number of aromatic nitrogens is 2. The van der Waals surface area contributed by atoms with Crippen molar-refractivity contribution in [2.75, 3.05) is 7.11 Å². The molecule has 0 saturated carbocycles. The first-order valence-electron chi connectivity index (χ1n) is 6.96. The second-order valence-electron chi connectivity index (χ2n) is 5.06. The van der Waals surface area contributed by atoms with Gasteiger partial charge in [0.2, 0.25) is 5.78 Å². The zero-order chi connectivity index (χ0) is 16.0. The van der Waals surface area contributed by atoms with Crippen molar-refractivity contribution in [1.29, 1.82) is 0 Å². The van der Waals surface area contributed by atoms with Crippen LogP contribution in [0.4, 0.5) is 0 Å². The van der Waals surface area contributed by atoms with Gasteiger partial charge in [-0.15, -0.1) is 0 Å². The fourth-order valence-electron chi connectivity index (χ4n) is 2.52. The molecule has 2 heterocycles. The molecule has 0 saturated heterocycles. The largest absolute Gasteiger partial charge is 0.507 e. The van der Waals surface area contributed by atoms with Gasteiger partial charge in [-0.2, -0.15) is 0 Å². The maximum absolute atomic E-state index is 12.7. The molecule has 1 N–H and O–H groups in total. The van der Waals surface area contributed by atoms with Crippen LogP contribution in [-0.2, 0) is 0 Å². The van der Waals surface area contributed by atoms with Crippen LogP contribution in [0.2, 0.25) is 0 Å². The first kappa shape index (κ1) is 13.8. The zero-order valence-electron chi connectivity index (χ0n) is 12.2. The number of carbonyl (C=O) groups excluding carboxylic acids is 1. The molecule has 5 nitrogen and oxygen atoms in total. The number of thiazole rings is 1. The molecule has 4 rings (SSSR count). The Hall–Kier alpha value is -2.86. The highest BCUT2D eigenvalue weighted by Gasteiger charge is 2.19. The van der Waals surface area contributed by atoms with Crippen molar-refractivity contribution in [3.8, 4) is 11.5 Å². The van der Waals surface area contributed by atoms with Crippen LogP contribution in [0.5, 0.6) is 11.5 Å². The average Bonchev–Trinajstić information content (AvgIpc) is 3.12. The van der Waals surface area contributed by atoms with Gasteiger partial charge in [0.15, 0.2) is 4.96 Å². The molecule has 0 bridgehead atoms. The van der Waals surface area contributed by atoms with E-state index >= 15 is 0 Å². The Morgan fingerprint density at radius 3 is 2.91 bits per heavy atom. The van der Waals surface area contributed by atoms with Gasteiger partial charge in [0, 0.05) is 6.20 Å². The van der Waals surface area contributed by atoms with E-state index in [9.17, 15) is 9.90 Å². The van der Waals surface area contributed by atoms with E-state index in [2.05, 4.69) is 4.98 Å². The summed E-state index contributed by atoms with van der Waals surface area (Å²) in [6, 6.07) is 12.4. The Labute approximate surface area is 135 Å². The molecule has 0 aliphatic carbocycles. The number of para-hydroxylation sites is 2. The van der Waals surface area contributed by atoms with Crippen molar-refractivity contribution in [2.45, 2.75) is 0 Å². The van der Waals surface area contributed by atoms with Crippen molar-refractivity contribution in [1.82, 2.24) is 9.38 Å². The first-order valence-corrected chi connectivity index (χ1v) is 7.77. The Morgan fingerprint density at radius 1 is 1.26 bits per heavy atom. The molecule has 4 aromatic rings. The number of carbonyl (C=O) groups is 1. The third kappa shape index (κ3) is 2.15. The third-order valence-electron chi connectivity index (χ3n) is 3.68. The lowest BCUT2D eigenvalue weighted by atomic mass is 10.1. The van der Waals surface area contributed by atoms with Gasteiger partial charge in [-0.05, 0) is 30.3 Å². The average molecular weight is 324 g/mol. The van der Waals surface area contributed by atoms with Crippen molar-refractivity contribution in [2.24, 2.45) is 0 Å². The summed E-state index contributed by atoms with van der Waals surface area (Å²) in [4.78, 5) is 18.5. The van der Waals surface area contributed by atoms with Crippen molar-refractivity contribution >= 4 is 33.1 Å². The van der Waals surface area contributed by atoms with Crippen LogP contribution < -0.4 is 4.74 Å². The van der Waals surface area contributed by atoms with E-state index in [4.69, 9.17) is 4.74 Å². The topological polar surface area (TPSA) is 63.8 Å². The lowest BCUT2D eigenvalue weighted by Crippen LogP contribution is -2.00. The summed E-state index contributed by atoms with van der Waals surface area (Å²) >= 11 is 1.30. The van der Waals surface area contributed by atoms with Gasteiger partial charge in [0.05, 0.1) is 28.6 Å². The van der Waals surface area contributed by atoms with Gasteiger partial charge in [-0.25, -0.2) is 4.98 Å². The lowest BCUT2D eigenvalue weighted by Gasteiger charge is -2.05. The zero-order valence-corrected chi connectivity index (χ0v) is 13.0. The number of hydrogen-bond acceptors (Lipinski definition) is 5. The number of benzene rings is 2. The van der Waals surface area contributed by atoms with Gasteiger partial charge in [0.25, 0.3) is 0 Å². The quantitative estimate of drug-likeness (QED) is 0.586. The van der Waals surface area contributed by atoms with E-state index in [-0.39, 0.29) is 17.1 Å². The number of methoxy groups -OCH3 is 1. The van der Waals surface area contributed by atoms with E-state index in [0.717, 1.165) is 16.0 Å². The molecular formula is C17H12N2O3S. The molecule has 0 aliphatic rings.